The third-order valence-corrected chi connectivity index (χ3v) is 5.80. The minimum absolute atomic E-state index is 0.237. The Morgan fingerprint density at radius 1 is 0.526 bits per heavy atom. The van der Waals surface area contributed by atoms with Gasteiger partial charge in [-0.2, -0.15) is 19.9 Å². The van der Waals surface area contributed by atoms with E-state index in [1.54, 1.807) is 14.2 Å². The van der Waals surface area contributed by atoms with Gasteiger partial charge in [0.2, 0.25) is 0 Å². The average Bonchev–Trinajstić information content (AvgIpc) is 2.97. The van der Waals surface area contributed by atoms with E-state index in [0.717, 1.165) is 24.3 Å². The number of ether oxygens (including phenoxy) is 4. The van der Waals surface area contributed by atoms with Gasteiger partial charge in [0.1, 0.15) is 23.1 Å². The van der Waals surface area contributed by atoms with Crippen molar-refractivity contribution < 1.29 is 18.9 Å². The van der Waals surface area contributed by atoms with Crippen LogP contribution >= 0.6 is 0 Å². The second-order valence-electron chi connectivity index (χ2n) is 8.30. The van der Waals surface area contributed by atoms with Crippen LogP contribution in [0.2, 0.25) is 0 Å². The highest BCUT2D eigenvalue weighted by Crippen LogP contribution is 2.25. The Labute approximate surface area is 222 Å². The van der Waals surface area contributed by atoms with E-state index in [9.17, 15) is 0 Å². The molecule has 4 rings (SSSR count). The monoisotopic (exact) mass is 516 g/mol. The molecule has 10 heteroatoms. The highest BCUT2D eigenvalue weighted by atomic mass is 16.5. The summed E-state index contributed by atoms with van der Waals surface area (Å²) in [5, 5.41) is 6.70. The predicted molar refractivity (Wildman–Crippen MR) is 147 cm³/mol. The van der Waals surface area contributed by atoms with Gasteiger partial charge in [-0.1, -0.05) is 24.3 Å². The van der Waals surface area contributed by atoms with E-state index < -0.39 is 0 Å². The molecule has 0 radical (unpaired) electrons. The quantitative estimate of drug-likeness (QED) is 0.267. The molecular formula is C28H32N6O4. The van der Waals surface area contributed by atoms with Gasteiger partial charge in [-0.05, 0) is 48.2 Å². The number of nitrogens with zero attached hydrogens (tertiary/aromatic N) is 4. The lowest BCUT2D eigenvalue weighted by Crippen LogP contribution is -2.09. The van der Waals surface area contributed by atoms with Crippen LogP contribution in [-0.4, -0.2) is 61.5 Å². The number of aromatic nitrogens is 4. The van der Waals surface area contributed by atoms with Crippen molar-refractivity contribution in [3.8, 4) is 34.9 Å². The molecule has 0 bridgehead atoms. The van der Waals surface area contributed by atoms with E-state index in [1.807, 2.05) is 60.7 Å². The van der Waals surface area contributed by atoms with E-state index >= 15 is 0 Å². The van der Waals surface area contributed by atoms with E-state index in [0.29, 0.717) is 36.1 Å². The first-order valence-electron chi connectivity index (χ1n) is 12.2. The molecule has 2 aromatic carbocycles. The Balaban J connectivity index is 1.45. The predicted octanol–water partition coefficient (Wildman–Crippen LogP) is 4.28. The fourth-order valence-electron chi connectivity index (χ4n) is 3.73. The van der Waals surface area contributed by atoms with Gasteiger partial charge < -0.3 is 29.6 Å². The zero-order valence-corrected chi connectivity index (χ0v) is 22.0. The third-order valence-electron chi connectivity index (χ3n) is 5.80. The van der Waals surface area contributed by atoms with Crippen LogP contribution in [0.4, 0.5) is 11.6 Å². The molecule has 0 aliphatic rings. The van der Waals surface area contributed by atoms with Crippen LogP contribution in [0.15, 0.2) is 60.7 Å². The molecule has 2 heterocycles. The molecule has 2 N–H and O–H groups in total. The van der Waals surface area contributed by atoms with Crippen LogP contribution in [0, 0.1) is 0 Å². The fourth-order valence-corrected chi connectivity index (χ4v) is 3.73. The van der Waals surface area contributed by atoms with E-state index in [4.69, 9.17) is 18.9 Å². The second kappa shape index (κ2) is 13.1. The van der Waals surface area contributed by atoms with Crippen LogP contribution in [0.3, 0.4) is 0 Å². The molecule has 0 amide bonds. The molecule has 0 saturated heterocycles. The molecule has 0 aliphatic heterocycles. The summed E-state index contributed by atoms with van der Waals surface area (Å²) in [4.78, 5) is 17.9. The summed E-state index contributed by atoms with van der Waals surface area (Å²) in [6, 6.07) is 20.1. The van der Waals surface area contributed by atoms with E-state index in [1.165, 1.54) is 25.3 Å². The van der Waals surface area contributed by atoms with Crippen molar-refractivity contribution in [3.63, 3.8) is 0 Å². The second-order valence-corrected chi connectivity index (χ2v) is 8.30. The molecule has 4 aromatic rings. The number of nitrogens with one attached hydrogen (secondary N) is 2. The van der Waals surface area contributed by atoms with Gasteiger partial charge in [-0.25, -0.2) is 0 Å². The normalized spacial score (nSPS) is 10.5. The van der Waals surface area contributed by atoms with Crippen molar-refractivity contribution in [2.24, 2.45) is 0 Å². The molecule has 0 aliphatic carbocycles. The van der Waals surface area contributed by atoms with Crippen molar-refractivity contribution in [1.82, 2.24) is 19.9 Å². The highest BCUT2D eigenvalue weighted by molar-refractivity contribution is 5.63. The van der Waals surface area contributed by atoms with Crippen LogP contribution in [0.25, 0.3) is 11.4 Å². The maximum absolute atomic E-state index is 5.35. The van der Waals surface area contributed by atoms with Gasteiger partial charge in [-0.3, -0.25) is 0 Å². The largest absolute Gasteiger partial charge is 0.497 e. The van der Waals surface area contributed by atoms with Gasteiger partial charge in [0.15, 0.2) is 0 Å². The topological polar surface area (TPSA) is 113 Å². The summed E-state index contributed by atoms with van der Waals surface area (Å²) in [6.45, 7) is 1.36. The number of hydrogen-bond donors (Lipinski definition) is 2. The summed E-state index contributed by atoms with van der Waals surface area (Å²) >= 11 is 0. The van der Waals surface area contributed by atoms with Gasteiger partial charge in [-0.15, -0.1) is 0 Å². The minimum atomic E-state index is 0.237. The standard InChI is InChI=1S/C28H32N6O4/c1-35-21-9-5-19(6-10-21)13-15-29-25-17-23(31-27(33-25)37-3)24-18-26(34-28(32-24)38-4)30-16-14-20-7-11-22(36-2)12-8-20/h5-12,17-18H,13-16H2,1-4H3,(H,29,31,33)(H,30,32,34). The molecule has 0 fully saturated rings. The van der Waals surface area contributed by atoms with Gasteiger partial charge in [0.25, 0.3) is 0 Å². The fraction of sp³-hybridized carbons (Fsp3) is 0.286. The van der Waals surface area contributed by atoms with E-state index in [-0.39, 0.29) is 12.0 Å². The van der Waals surface area contributed by atoms with Crippen LogP contribution in [0.1, 0.15) is 11.1 Å². The molecule has 0 atom stereocenters. The number of hydrogen-bond acceptors (Lipinski definition) is 10. The Bertz CT molecular complexity index is 1210. The molecule has 0 saturated carbocycles. The van der Waals surface area contributed by atoms with Crippen LogP contribution in [0.5, 0.6) is 23.5 Å². The summed E-state index contributed by atoms with van der Waals surface area (Å²) in [6.07, 6.45) is 1.63. The molecule has 2 aromatic heterocycles. The molecule has 10 nitrogen and oxygen atoms in total. The summed E-state index contributed by atoms with van der Waals surface area (Å²) in [7, 11) is 6.39. The summed E-state index contributed by atoms with van der Waals surface area (Å²) in [5.74, 6) is 2.93. The first kappa shape index (κ1) is 26.5. The molecule has 38 heavy (non-hydrogen) atoms. The Morgan fingerprint density at radius 3 is 1.26 bits per heavy atom. The van der Waals surface area contributed by atoms with Crippen molar-refractivity contribution in [3.05, 3.63) is 71.8 Å². The number of benzene rings is 2. The first-order chi connectivity index (χ1) is 18.6. The van der Waals surface area contributed by atoms with Gasteiger partial charge in [0, 0.05) is 25.2 Å². The summed E-state index contributed by atoms with van der Waals surface area (Å²) < 4.78 is 21.1. The van der Waals surface area contributed by atoms with Gasteiger partial charge in [0.05, 0.1) is 39.8 Å². The van der Waals surface area contributed by atoms with E-state index in [2.05, 4.69) is 30.6 Å². The zero-order chi connectivity index (χ0) is 26.7. The van der Waals surface area contributed by atoms with Crippen LogP contribution in [-0.2, 0) is 12.8 Å². The van der Waals surface area contributed by atoms with Crippen molar-refractivity contribution in [2.75, 3.05) is 52.2 Å². The lowest BCUT2D eigenvalue weighted by Gasteiger charge is -2.12. The van der Waals surface area contributed by atoms with Crippen LogP contribution < -0.4 is 29.6 Å². The first-order valence-corrected chi connectivity index (χ1v) is 12.2. The van der Waals surface area contributed by atoms with Crippen molar-refractivity contribution in [2.45, 2.75) is 12.8 Å². The average molecular weight is 517 g/mol. The van der Waals surface area contributed by atoms with Crippen molar-refractivity contribution in [1.29, 1.82) is 0 Å². The Hall–Kier alpha value is -4.60. The molecule has 198 valence electrons. The third kappa shape index (κ3) is 7.22. The number of anilines is 2. The SMILES string of the molecule is COc1ccc(CCNc2cc(-c3cc(NCCc4ccc(OC)cc4)nc(OC)n3)nc(OC)n2)cc1. The minimum Gasteiger partial charge on any atom is -0.497 e. The number of methoxy groups -OCH3 is 4. The lowest BCUT2D eigenvalue weighted by molar-refractivity contribution is 0.378. The lowest BCUT2D eigenvalue weighted by atomic mass is 10.1. The zero-order valence-electron chi connectivity index (χ0n) is 22.0. The maximum atomic E-state index is 5.35. The molecule has 0 unspecified atom stereocenters. The number of rotatable bonds is 13. The highest BCUT2D eigenvalue weighted by Gasteiger charge is 2.12. The Morgan fingerprint density at radius 2 is 0.921 bits per heavy atom. The maximum Gasteiger partial charge on any atom is 0.318 e. The Kier molecular flexibility index (Phi) is 9.12. The molecule has 0 spiro atoms. The summed E-state index contributed by atoms with van der Waals surface area (Å²) in [5.41, 5.74) is 3.54. The molecular weight excluding hydrogens is 484 g/mol. The van der Waals surface area contributed by atoms with Gasteiger partial charge >= 0.3 is 12.0 Å². The smallest absolute Gasteiger partial charge is 0.318 e. The van der Waals surface area contributed by atoms with Crippen molar-refractivity contribution >= 4 is 11.6 Å².